The number of carbonyl (C=O) groups excluding carboxylic acids is 1. The molecular weight excluding hydrogens is 176 g/mol. The maximum atomic E-state index is 11.5. The third-order valence-corrected chi connectivity index (χ3v) is 3.38. The number of rotatable bonds is 3. The van der Waals surface area contributed by atoms with Crippen molar-refractivity contribution in [3.63, 3.8) is 0 Å². The highest BCUT2D eigenvalue weighted by Gasteiger charge is 2.34. The molecule has 2 saturated carbocycles. The molecule has 3 nitrogen and oxygen atoms in total. The molecule has 2 rings (SSSR count). The second-order valence-electron chi connectivity index (χ2n) is 4.78. The number of nitrogens with one attached hydrogen (secondary N) is 1. The van der Waals surface area contributed by atoms with Gasteiger partial charge in [0.25, 0.3) is 0 Å². The molecule has 0 saturated heterocycles. The van der Waals surface area contributed by atoms with Gasteiger partial charge in [-0.2, -0.15) is 0 Å². The summed E-state index contributed by atoms with van der Waals surface area (Å²) < 4.78 is 0. The fraction of sp³-hybridized carbons (Fsp3) is 0.909. The highest BCUT2D eigenvalue weighted by Crippen LogP contribution is 2.26. The van der Waals surface area contributed by atoms with Gasteiger partial charge in [0.05, 0.1) is 0 Å². The zero-order valence-electron chi connectivity index (χ0n) is 8.67. The van der Waals surface area contributed by atoms with Crippen molar-refractivity contribution in [2.45, 2.75) is 57.0 Å². The average molecular weight is 196 g/mol. The largest absolute Gasteiger partial charge is 0.352 e. The fourth-order valence-corrected chi connectivity index (χ4v) is 2.30. The van der Waals surface area contributed by atoms with E-state index >= 15 is 0 Å². The maximum absolute atomic E-state index is 11.5. The third-order valence-electron chi connectivity index (χ3n) is 3.38. The van der Waals surface area contributed by atoms with Gasteiger partial charge in [-0.3, -0.25) is 4.79 Å². The summed E-state index contributed by atoms with van der Waals surface area (Å²) in [6, 6.07) is 0.511. The van der Waals surface area contributed by atoms with Crippen LogP contribution in [0.4, 0.5) is 0 Å². The first kappa shape index (κ1) is 9.97. The molecule has 0 radical (unpaired) electrons. The van der Waals surface area contributed by atoms with Crippen molar-refractivity contribution >= 4 is 5.91 Å². The average Bonchev–Trinajstić information content (AvgIpc) is 2.83. The molecule has 0 aromatic rings. The minimum Gasteiger partial charge on any atom is -0.352 e. The van der Waals surface area contributed by atoms with Gasteiger partial charge in [-0.05, 0) is 25.2 Å². The van der Waals surface area contributed by atoms with E-state index in [0.717, 1.165) is 12.8 Å². The van der Waals surface area contributed by atoms with E-state index in [-0.39, 0.29) is 18.0 Å². The Hall–Kier alpha value is -0.570. The van der Waals surface area contributed by atoms with Crippen molar-refractivity contribution in [2.24, 2.45) is 11.7 Å². The molecule has 2 aliphatic rings. The summed E-state index contributed by atoms with van der Waals surface area (Å²) in [6.07, 6.45) is 8.14. The van der Waals surface area contributed by atoms with Crippen LogP contribution in [0.3, 0.4) is 0 Å². The molecule has 0 spiro atoms. The van der Waals surface area contributed by atoms with Gasteiger partial charge in [-0.15, -0.1) is 0 Å². The van der Waals surface area contributed by atoms with Gasteiger partial charge in [-0.25, -0.2) is 0 Å². The molecule has 2 aliphatic carbocycles. The lowest BCUT2D eigenvalue weighted by atomic mass is 9.87. The minimum atomic E-state index is 0.217. The van der Waals surface area contributed by atoms with Crippen molar-refractivity contribution in [3.05, 3.63) is 0 Å². The molecule has 3 N–H and O–H groups in total. The summed E-state index contributed by atoms with van der Waals surface area (Å²) in [5, 5.41) is 2.99. The minimum absolute atomic E-state index is 0.217. The van der Waals surface area contributed by atoms with Crippen LogP contribution in [0.2, 0.25) is 0 Å². The van der Waals surface area contributed by atoms with Crippen LogP contribution in [-0.2, 0) is 4.79 Å². The van der Waals surface area contributed by atoms with Gasteiger partial charge < -0.3 is 11.1 Å². The lowest BCUT2D eigenvalue weighted by Gasteiger charge is -2.20. The van der Waals surface area contributed by atoms with E-state index in [9.17, 15) is 4.79 Å². The summed E-state index contributed by atoms with van der Waals surface area (Å²) in [5.74, 6) is 0.855. The quantitative estimate of drug-likeness (QED) is 0.712. The molecule has 0 aliphatic heterocycles. The predicted molar refractivity (Wildman–Crippen MR) is 55.7 cm³/mol. The van der Waals surface area contributed by atoms with E-state index < -0.39 is 0 Å². The second kappa shape index (κ2) is 4.30. The Morgan fingerprint density at radius 2 is 1.93 bits per heavy atom. The smallest absolute Gasteiger partial charge is 0.220 e. The number of nitrogens with two attached hydrogens (primary N) is 1. The summed E-state index contributed by atoms with van der Waals surface area (Å²) in [6.45, 7) is 0. The van der Waals surface area contributed by atoms with Crippen molar-refractivity contribution in [1.82, 2.24) is 5.32 Å². The summed E-state index contributed by atoms with van der Waals surface area (Å²) in [7, 11) is 0. The molecule has 80 valence electrons. The summed E-state index contributed by atoms with van der Waals surface area (Å²) in [4.78, 5) is 11.5. The lowest BCUT2D eigenvalue weighted by molar-refractivity contribution is -0.122. The van der Waals surface area contributed by atoms with Crippen LogP contribution in [0.5, 0.6) is 0 Å². The first-order valence-corrected chi connectivity index (χ1v) is 5.80. The summed E-state index contributed by atoms with van der Waals surface area (Å²) in [5.41, 5.74) is 5.63. The van der Waals surface area contributed by atoms with Crippen LogP contribution in [-0.4, -0.2) is 18.0 Å². The van der Waals surface area contributed by atoms with Crippen molar-refractivity contribution in [1.29, 1.82) is 0 Å². The highest BCUT2D eigenvalue weighted by atomic mass is 16.1. The molecular formula is C11H20N2O. The van der Waals surface area contributed by atoms with Crippen LogP contribution >= 0.6 is 0 Å². The molecule has 0 heterocycles. The Bertz CT molecular complexity index is 211. The van der Waals surface area contributed by atoms with Gasteiger partial charge in [0.15, 0.2) is 0 Å². The second-order valence-corrected chi connectivity index (χ2v) is 4.78. The molecule has 14 heavy (non-hydrogen) atoms. The molecule has 2 fully saturated rings. The Morgan fingerprint density at radius 1 is 1.29 bits per heavy atom. The first-order valence-electron chi connectivity index (χ1n) is 5.80. The van der Waals surface area contributed by atoms with Crippen LogP contribution in [0, 0.1) is 5.92 Å². The molecule has 0 aromatic heterocycles. The molecule has 0 aromatic carbocycles. The molecule has 1 amide bonds. The summed E-state index contributed by atoms with van der Waals surface area (Å²) >= 11 is 0. The molecule has 3 heteroatoms. The number of hydrogen-bond acceptors (Lipinski definition) is 2. The van der Waals surface area contributed by atoms with E-state index in [1.807, 2.05) is 0 Å². The first-order chi connectivity index (χ1) is 6.75. The predicted octanol–water partition coefficient (Wildman–Crippen LogP) is 1.17. The van der Waals surface area contributed by atoms with Gasteiger partial charge in [-0.1, -0.05) is 19.3 Å². The normalized spacial score (nSPS) is 32.6. The monoisotopic (exact) mass is 196 g/mol. The number of amides is 1. The Balaban J connectivity index is 1.65. The van der Waals surface area contributed by atoms with Gasteiger partial charge >= 0.3 is 0 Å². The van der Waals surface area contributed by atoms with E-state index in [1.165, 1.54) is 32.1 Å². The Labute approximate surface area is 85.4 Å². The Kier molecular flexibility index (Phi) is 3.06. The molecule has 2 unspecified atom stereocenters. The molecule has 0 bridgehead atoms. The van der Waals surface area contributed by atoms with Crippen LogP contribution in [0.25, 0.3) is 0 Å². The van der Waals surface area contributed by atoms with Gasteiger partial charge in [0.1, 0.15) is 0 Å². The van der Waals surface area contributed by atoms with Crippen LogP contribution in [0.15, 0.2) is 0 Å². The maximum Gasteiger partial charge on any atom is 0.220 e. The topological polar surface area (TPSA) is 55.1 Å². The number of carbonyl (C=O) groups is 1. The fourth-order valence-electron chi connectivity index (χ4n) is 2.30. The van der Waals surface area contributed by atoms with Crippen molar-refractivity contribution in [2.75, 3.05) is 0 Å². The van der Waals surface area contributed by atoms with E-state index in [4.69, 9.17) is 5.73 Å². The zero-order valence-corrected chi connectivity index (χ0v) is 8.67. The van der Waals surface area contributed by atoms with E-state index in [1.54, 1.807) is 0 Å². The van der Waals surface area contributed by atoms with E-state index in [0.29, 0.717) is 5.92 Å². The standard InChI is InChI=1S/C11H20N2O/c12-9-7-10(9)13-11(14)6-8-4-2-1-3-5-8/h8-10H,1-7,12H2,(H,13,14). The SMILES string of the molecule is NC1CC1NC(=O)CC1CCCCC1. The highest BCUT2D eigenvalue weighted by molar-refractivity contribution is 5.77. The van der Waals surface area contributed by atoms with Crippen molar-refractivity contribution in [3.8, 4) is 0 Å². The van der Waals surface area contributed by atoms with Crippen LogP contribution < -0.4 is 11.1 Å². The number of hydrogen-bond donors (Lipinski definition) is 2. The Morgan fingerprint density at radius 3 is 2.50 bits per heavy atom. The van der Waals surface area contributed by atoms with E-state index in [2.05, 4.69) is 5.32 Å². The third kappa shape index (κ3) is 2.71. The van der Waals surface area contributed by atoms with Crippen molar-refractivity contribution < 1.29 is 4.79 Å². The lowest BCUT2D eigenvalue weighted by Crippen LogP contribution is -2.31. The molecule has 2 atom stereocenters. The van der Waals surface area contributed by atoms with Crippen LogP contribution in [0.1, 0.15) is 44.9 Å². The van der Waals surface area contributed by atoms with Gasteiger partial charge in [0, 0.05) is 18.5 Å². The van der Waals surface area contributed by atoms with Gasteiger partial charge in [0.2, 0.25) is 5.91 Å². The zero-order chi connectivity index (χ0) is 9.97.